The van der Waals surface area contributed by atoms with Crippen LogP contribution in [0.3, 0.4) is 0 Å². The first-order valence-corrected chi connectivity index (χ1v) is 5.99. The van der Waals surface area contributed by atoms with Gasteiger partial charge in [0, 0.05) is 16.8 Å². The van der Waals surface area contributed by atoms with Crippen molar-refractivity contribution in [2.75, 3.05) is 0 Å². The number of benzene rings is 1. The first-order valence-electron chi connectivity index (χ1n) is 4.92. The van der Waals surface area contributed by atoms with Crippen LogP contribution < -0.4 is 11.3 Å². The second-order valence-electron chi connectivity index (χ2n) is 3.57. The number of aromatic nitrogens is 2. The third-order valence-electron chi connectivity index (χ3n) is 2.40. The second-order valence-corrected chi connectivity index (χ2v) is 4.81. The number of nitrogens with one attached hydrogen (secondary N) is 1. The van der Waals surface area contributed by atoms with Crippen LogP contribution in [0, 0.1) is 3.57 Å². The van der Waals surface area contributed by atoms with E-state index in [4.69, 9.17) is 5.84 Å². The van der Waals surface area contributed by atoms with E-state index in [-0.39, 0.29) is 6.04 Å². The molecule has 0 saturated carbocycles. The zero-order valence-corrected chi connectivity index (χ0v) is 11.0. The van der Waals surface area contributed by atoms with Crippen LogP contribution in [0.5, 0.6) is 0 Å². The van der Waals surface area contributed by atoms with E-state index in [1.165, 1.54) is 3.57 Å². The van der Waals surface area contributed by atoms with Gasteiger partial charge in [-0.25, -0.2) is 5.43 Å². The van der Waals surface area contributed by atoms with Gasteiger partial charge < -0.3 is 0 Å². The number of nitrogens with zero attached hydrogens (tertiary/aromatic N) is 2. The monoisotopic (exact) mass is 328 g/mol. The van der Waals surface area contributed by atoms with Crippen LogP contribution in [0.4, 0.5) is 0 Å². The number of nitrogens with two attached hydrogens (primary N) is 1. The van der Waals surface area contributed by atoms with E-state index >= 15 is 0 Å². The summed E-state index contributed by atoms with van der Waals surface area (Å²) in [6, 6.07) is 10.1. The molecule has 0 aliphatic rings. The predicted octanol–water partition coefficient (Wildman–Crippen LogP) is 1.58. The molecule has 0 saturated heterocycles. The van der Waals surface area contributed by atoms with Crippen molar-refractivity contribution in [3.8, 4) is 0 Å². The summed E-state index contributed by atoms with van der Waals surface area (Å²) < 4.78 is 2.98. The molecule has 0 fully saturated rings. The average Bonchev–Trinajstić information content (AvgIpc) is 2.69. The van der Waals surface area contributed by atoms with E-state index < -0.39 is 0 Å². The molecule has 0 amide bonds. The molecule has 16 heavy (non-hydrogen) atoms. The van der Waals surface area contributed by atoms with Crippen molar-refractivity contribution in [2.45, 2.75) is 6.04 Å². The molecule has 0 bridgehead atoms. The third kappa shape index (κ3) is 2.42. The fourth-order valence-corrected chi connectivity index (χ4v) is 1.95. The third-order valence-corrected chi connectivity index (χ3v) is 3.12. The summed E-state index contributed by atoms with van der Waals surface area (Å²) >= 11 is 2.28. The smallest absolute Gasteiger partial charge is 0.0899 e. The van der Waals surface area contributed by atoms with Gasteiger partial charge in [0.15, 0.2) is 0 Å². The molecule has 5 heteroatoms. The molecular weight excluding hydrogens is 315 g/mol. The molecule has 4 nitrogen and oxygen atoms in total. The van der Waals surface area contributed by atoms with E-state index in [0.29, 0.717) is 0 Å². The lowest BCUT2D eigenvalue weighted by Crippen LogP contribution is -2.29. The van der Waals surface area contributed by atoms with Gasteiger partial charge in [-0.3, -0.25) is 10.5 Å². The maximum Gasteiger partial charge on any atom is 0.0899 e. The second kappa shape index (κ2) is 4.94. The first-order chi connectivity index (χ1) is 7.70. The number of halogens is 1. The Morgan fingerprint density at radius 3 is 2.50 bits per heavy atom. The summed E-state index contributed by atoms with van der Waals surface area (Å²) in [5.74, 6) is 5.58. The highest BCUT2D eigenvalue weighted by atomic mass is 127. The van der Waals surface area contributed by atoms with Gasteiger partial charge in [0.25, 0.3) is 0 Å². The lowest BCUT2D eigenvalue weighted by molar-refractivity contribution is 0.603. The molecule has 1 heterocycles. The molecule has 1 unspecified atom stereocenters. The summed E-state index contributed by atoms with van der Waals surface area (Å²) in [6.45, 7) is 0. The minimum absolute atomic E-state index is 0.0572. The largest absolute Gasteiger partial charge is 0.275 e. The summed E-state index contributed by atoms with van der Waals surface area (Å²) in [4.78, 5) is 0. The Hall–Kier alpha value is -0.920. The molecule has 0 spiro atoms. The van der Waals surface area contributed by atoms with Crippen molar-refractivity contribution in [1.82, 2.24) is 15.2 Å². The highest BCUT2D eigenvalue weighted by Crippen LogP contribution is 2.20. The molecule has 2 aromatic rings. The Morgan fingerprint density at radius 2 is 2.00 bits per heavy atom. The van der Waals surface area contributed by atoms with Gasteiger partial charge in [-0.15, -0.1) is 0 Å². The van der Waals surface area contributed by atoms with Gasteiger partial charge in [0.2, 0.25) is 0 Å². The van der Waals surface area contributed by atoms with Gasteiger partial charge >= 0.3 is 0 Å². The fourth-order valence-electron chi connectivity index (χ4n) is 1.59. The predicted molar refractivity (Wildman–Crippen MR) is 71.5 cm³/mol. The van der Waals surface area contributed by atoms with E-state index in [0.717, 1.165) is 11.3 Å². The number of hydrogen-bond acceptors (Lipinski definition) is 3. The molecule has 0 aliphatic heterocycles. The Bertz CT molecular complexity index is 463. The van der Waals surface area contributed by atoms with Crippen molar-refractivity contribution in [1.29, 1.82) is 0 Å². The highest BCUT2D eigenvalue weighted by molar-refractivity contribution is 14.1. The van der Waals surface area contributed by atoms with Crippen LogP contribution >= 0.6 is 22.6 Å². The quantitative estimate of drug-likeness (QED) is 0.511. The Morgan fingerprint density at radius 1 is 1.31 bits per heavy atom. The van der Waals surface area contributed by atoms with Crippen molar-refractivity contribution < 1.29 is 0 Å². The van der Waals surface area contributed by atoms with Gasteiger partial charge in [-0.1, -0.05) is 12.1 Å². The lowest BCUT2D eigenvalue weighted by atomic mass is 10.1. The molecule has 0 radical (unpaired) electrons. The first kappa shape index (κ1) is 11.6. The van der Waals surface area contributed by atoms with E-state index in [1.807, 2.05) is 19.3 Å². The van der Waals surface area contributed by atoms with Crippen LogP contribution in [0.2, 0.25) is 0 Å². The van der Waals surface area contributed by atoms with Crippen molar-refractivity contribution in [3.05, 3.63) is 51.4 Å². The van der Waals surface area contributed by atoms with Crippen LogP contribution in [0.25, 0.3) is 0 Å². The van der Waals surface area contributed by atoms with Gasteiger partial charge in [0.1, 0.15) is 0 Å². The summed E-state index contributed by atoms with van der Waals surface area (Å²) in [6.07, 6.45) is 1.91. The van der Waals surface area contributed by atoms with Crippen molar-refractivity contribution in [2.24, 2.45) is 12.9 Å². The minimum Gasteiger partial charge on any atom is -0.275 e. The number of hydrazine groups is 1. The van der Waals surface area contributed by atoms with Crippen molar-refractivity contribution >= 4 is 22.6 Å². The SMILES string of the molecule is Cn1ccc(C(NN)c2ccc(I)cc2)n1. The number of aryl methyl sites for hydroxylation is 1. The van der Waals surface area contributed by atoms with Crippen LogP contribution in [0.15, 0.2) is 36.5 Å². The maximum atomic E-state index is 5.58. The minimum atomic E-state index is -0.0572. The van der Waals surface area contributed by atoms with Crippen LogP contribution in [0.1, 0.15) is 17.3 Å². The lowest BCUT2D eigenvalue weighted by Gasteiger charge is -2.13. The topological polar surface area (TPSA) is 55.9 Å². The molecule has 3 N–H and O–H groups in total. The zero-order valence-electron chi connectivity index (χ0n) is 8.89. The number of hydrogen-bond donors (Lipinski definition) is 2. The summed E-state index contributed by atoms with van der Waals surface area (Å²) in [5.41, 5.74) is 4.82. The van der Waals surface area contributed by atoms with Crippen LogP contribution in [-0.2, 0) is 7.05 Å². The van der Waals surface area contributed by atoms with Crippen LogP contribution in [-0.4, -0.2) is 9.78 Å². The van der Waals surface area contributed by atoms with Gasteiger partial charge in [0.05, 0.1) is 11.7 Å². The Balaban J connectivity index is 2.32. The molecule has 84 valence electrons. The van der Waals surface area contributed by atoms with Gasteiger partial charge in [-0.2, -0.15) is 5.10 Å². The maximum absolute atomic E-state index is 5.58. The molecule has 1 aromatic carbocycles. The normalized spacial score (nSPS) is 12.7. The summed E-state index contributed by atoms with van der Waals surface area (Å²) in [7, 11) is 1.89. The van der Waals surface area contributed by atoms with E-state index in [9.17, 15) is 0 Å². The molecular formula is C11H13IN4. The van der Waals surface area contributed by atoms with Gasteiger partial charge in [-0.05, 0) is 46.4 Å². The molecule has 1 aromatic heterocycles. The molecule has 1 atom stereocenters. The number of rotatable bonds is 3. The zero-order chi connectivity index (χ0) is 11.5. The fraction of sp³-hybridized carbons (Fsp3) is 0.182. The summed E-state index contributed by atoms with van der Waals surface area (Å²) in [5, 5.41) is 4.35. The van der Waals surface area contributed by atoms with E-state index in [2.05, 4.69) is 57.4 Å². The van der Waals surface area contributed by atoms with Crippen molar-refractivity contribution in [3.63, 3.8) is 0 Å². The molecule has 0 aliphatic carbocycles. The Kier molecular flexibility index (Phi) is 3.57. The molecule has 2 rings (SSSR count). The average molecular weight is 328 g/mol. The van der Waals surface area contributed by atoms with E-state index in [1.54, 1.807) is 4.68 Å². The highest BCUT2D eigenvalue weighted by Gasteiger charge is 2.14. The standard InChI is InChI=1S/C11H13IN4/c1-16-7-6-10(15-16)11(14-13)8-2-4-9(12)5-3-8/h2-7,11,14H,13H2,1H3. The Labute approximate surface area is 108 Å².